The highest BCUT2D eigenvalue weighted by Gasteiger charge is 2.18. The quantitative estimate of drug-likeness (QED) is 0.768. The highest BCUT2D eigenvalue weighted by atomic mass is 79.9. The minimum atomic E-state index is -0.155. The maximum Gasteiger partial charge on any atom is 0.273 e. The van der Waals surface area contributed by atoms with Gasteiger partial charge in [0.2, 0.25) is 0 Å². The van der Waals surface area contributed by atoms with Crippen molar-refractivity contribution in [1.29, 1.82) is 0 Å². The van der Waals surface area contributed by atoms with Crippen LogP contribution in [0.4, 0.5) is 0 Å². The third-order valence-electron chi connectivity index (χ3n) is 4.40. The van der Waals surface area contributed by atoms with Gasteiger partial charge in [0.05, 0.1) is 11.4 Å². The molecule has 1 unspecified atom stereocenters. The highest BCUT2D eigenvalue weighted by Crippen LogP contribution is 2.17. The van der Waals surface area contributed by atoms with Crippen molar-refractivity contribution in [3.8, 4) is 5.69 Å². The van der Waals surface area contributed by atoms with Crippen molar-refractivity contribution in [2.45, 2.75) is 26.2 Å². The van der Waals surface area contributed by atoms with E-state index in [0.717, 1.165) is 35.4 Å². The molecule has 0 spiro atoms. The largest absolute Gasteiger partial charge is 0.351 e. The lowest BCUT2D eigenvalue weighted by Gasteiger charge is -2.22. The second-order valence-electron chi connectivity index (χ2n) is 6.17. The second-order valence-corrected chi connectivity index (χ2v) is 7.09. The zero-order valence-electron chi connectivity index (χ0n) is 14.2. The molecule has 2 aromatic rings. The Morgan fingerprint density at radius 3 is 3.04 bits per heavy atom. The van der Waals surface area contributed by atoms with Gasteiger partial charge in [-0.05, 0) is 63.4 Å². The van der Waals surface area contributed by atoms with E-state index in [9.17, 15) is 4.79 Å². The van der Waals surface area contributed by atoms with E-state index < -0.39 is 0 Å². The summed E-state index contributed by atoms with van der Waals surface area (Å²) in [6, 6.07) is 7.76. The van der Waals surface area contributed by atoms with Gasteiger partial charge in [0.15, 0.2) is 5.69 Å². The van der Waals surface area contributed by atoms with Crippen LogP contribution < -0.4 is 10.6 Å². The van der Waals surface area contributed by atoms with Gasteiger partial charge in [0.1, 0.15) is 0 Å². The molecule has 3 rings (SSSR count). The summed E-state index contributed by atoms with van der Waals surface area (Å²) in [5, 5.41) is 14.6. The summed E-state index contributed by atoms with van der Waals surface area (Å²) >= 11 is 3.45. The number of piperidine rings is 1. The second kappa shape index (κ2) is 9.31. The van der Waals surface area contributed by atoms with Gasteiger partial charge >= 0.3 is 0 Å². The average Bonchev–Trinajstić information content (AvgIpc) is 2.97. The Morgan fingerprint density at radius 1 is 1.48 bits per heavy atom. The molecule has 0 aliphatic carbocycles. The van der Waals surface area contributed by atoms with E-state index in [4.69, 9.17) is 0 Å². The number of amides is 1. The Bertz CT molecular complexity index is 715. The van der Waals surface area contributed by atoms with Crippen molar-refractivity contribution in [1.82, 2.24) is 25.6 Å². The van der Waals surface area contributed by atoms with Crippen LogP contribution in [0.15, 0.2) is 28.7 Å². The van der Waals surface area contributed by atoms with E-state index >= 15 is 0 Å². The van der Waals surface area contributed by atoms with Crippen LogP contribution in [0, 0.1) is 12.8 Å². The normalized spacial score (nSPS) is 17.0. The van der Waals surface area contributed by atoms with Gasteiger partial charge in [-0.1, -0.05) is 27.2 Å². The Morgan fingerprint density at radius 2 is 2.32 bits per heavy atom. The van der Waals surface area contributed by atoms with Crippen LogP contribution in [0.5, 0.6) is 0 Å². The molecule has 0 bridgehead atoms. The molecular formula is C17H23BrClN5O. The number of hydrogen-bond donors (Lipinski definition) is 2. The molecule has 8 heteroatoms. The van der Waals surface area contributed by atoms with E-state index in [0.29, 0.717) is 18.2 Å². The van der Waals surface area contributed by atoms with Crippen LogP contribution >= 0.6 is 28.3 Å². The van der Waals surface area contributed by atoms with Gasteiger partial charge in [0, 0.05) is 11.0 Å². The van der Waals surface area contributed by atoms with Crippen LogP contribution in [0.25, 0.3) is 5.69 Å². The molecule has 2 heterocycles. The molecule has 2 N–H and O–H groups in total. The lowest BCUT2D eigenvalue weighted by atomic mass is 9.96. The van der Waals surface area contributed by atoms with Crippen LogP contribution in [-0.4, -0.2) is 40.5 Å². The molecule has 6 nitrogen and oxygen atoms in total. The third-order valence-corrected chi connectivity index (χ3v) is 4.89. The highest BCUT2D eigenvalue weighted by molar-refractivity contribution is 9.10. The minimum absolute atomic E-state index is 0. The molecule has 1 amide bonds. The van der Waals surface area contributed by atoms with Gasteiger partial charge in [0.25, 0.3) is 5.91 Å². The predicted molar refractivity (Wildman–Crippen MR) is 104 cm³/mol. The number of nitrogens with zero attached hydrogens (tertiary/aromatic N) is 3. The zero-order valence-corrected chi connectivity index (χ0v) is 16.6. The van der Waals surface area contributed by atoms with E-state index in [1.54, 1.807) is 4.68 Å². The Labute approximate surface area is 162 Å². The number of hydrogen-bond acceptors (Lipinski definition) is 4. The van der Waals surface area contributed by atoms with Crippen molar-refractivity contribution >= 4 is 34.2 Å². The fraction of sp³-hybridized carbons (Fsp3) is 0.471. The summed E-state index contributed by atoms with van der Waals surface area (Å²) in [6.07, 6.45) is 3.46. The first-order valence-electron chi connectivity index (χ1n) is 8.32. The minimum Gasteiger partial charge on any atom is -0.351 e. The first-order valence-corrected chi connectivity index (χ1v) is 9.11. The molecule has 1 atom stereocenters. The number of rotatable bonds is 5. The first kappa shape index (κ1) is 19.9. The number of carbonyl (C=O) groups excluding carboxylic acids is 1. The molecule has 1 aromatic carbocycles. The summed E-state index contributed by atoms with van der Waals surface area (Å²) in [5.74, 6) is 0.495. The Kier molecular flexibility index (Phi) is 7.40. The summed E-state index contributed by atoms with van der Waals surface area (Å²) < 4.78 is 2.65. The molecule has 0 saturated carbocycles. The molecule has 0 radical (unpaired) electrons. The average molecular weight is 429 g/mol. The smallest absolute Gasteiger partial charge is 0.273 e. The molecular weight excluding hydrogens is 406 g/mol. The maximum atomic E-state index is 12.4. The van der Waals surface area contributed by atoms with Crippen LogP contribution in [0.3, 0.4) is 0 Å². The molecule has 1 aromatic heterocycles. The van der Waals surface area contributed by atoms with Gasteiger partial charge in [-0.15, -0.1) is 17.5 Å². The van der Waals surface area contributed by atoms with Crippen LogP contribution in [0.2, 0.25) is 0 Å². The number of benzene rings is 1. The monoisotopic (exact) mass is 427 g/mol. The van der Waals surface area contributed by atoms with Gasteiger partial charge < -0.3 is 10.6 Å². The lowest BCUT2D eigenvalue weighted by molar-refractivity contribution is 0.0945. The van der Waals surface area contributed by atoms with Gasteiger partial charge in [-0.25, -0.2) is 4.68 Å². The van der Waals surface area contributed by atoms with Crippen molar-refractivity contribution in [3.63, 3.8) is 0 Å². The van der Waals surface area contributed by atoms with Gasteiger partial charge in [-0.2, -0.15) is 0 Å². The van der Waals surface area contributed by atoms with E-state index in [2.05, 4.69) is 36.9 Å². The fourth-order valence-electron chi connectivity index (χ4n) is 3.04. The van der Waals surface area contributed by atoms with E-state index in [-0.39, 0.29) is 18.3 Å². The molecule has 136 valence electrons. The van der Waals surface area contributed by atoms with Crippen LogP contribution in [-0.2, 0) is 0 Å². The van der Waals surface area contributed by atoms with Gasteiger partial charge in [-0.3, -0.25) is 4.79 Å². The van der Waals surface area contributed by atoms with Crippen molar-refractivity contribution in [2.75, 3.05) is 19.6 Å². The van der Waals surface area contributed by atoms with E-state index in [1.165, 1.54) is 12.8 Å². The Hall–Kier alpha value is -1.44. The van der Waals surface area contributed by atoms with Crippen molar-refractivity contribution in [2.24, 2.45) is 5.92 Å². The maximum absolute atomic E-state index is 12.4. The zero-order chi connectivity index (χ0) is 16.9. The SMILES string of the molecule is Cc1c(C(=O)NCCC2CCCNC2)nnn1-c1cccc(Br)c1.Cl. The molecule has 1 aliphatic heterocycles. The summed E-state index contributed by atoms with van der Waals surface area (Å²) in [6.45, 7) is 4.70. The Balaban J connectivity index is 0.00000225. The number of halogens is 2. The first-order chi connectivity index (χ1) is 11.6. The fourth-order valence-corrected chi connectivity index (χ4v) is 3.42. The van der Waals surface area contributed by atoms with Crippen molar-refractivity contribution in [3.05, 3.63) is 40.1 Å². The third kappa shape index (κ3) is 5.03. The molecule has 1 saturated heterocycles. The summed E-state index contributed by atoms with van der Waals surface area (Å²) in [7, 11) is 0. The molecule has 25 heavy (non-hydrogen) atoms. The molecule has 1 fully saturated rings. The number of nitrogens with one attached hydrogen (secondary N) is 2. The van der Waals surface area contributed by atoms with E-state index in [1.807, 2.05) is 31.2 Å². The van der Waals surface area contributed by atoms with Crippen molar-refractivity contribution < 1.29 is 4.79 Å². The molecule has 1 aliphatic rings. The standard InChI is InChI=1S/C17H22BrN5O.ClH/c1-12-16(17(24)20-9-7-13-4-3-8-19-11-13)21-22-23(12)15-6-2-5-14(18)10-15;/h2,5-6,10,13,19H,3-4,7-9,11H2,1H3,(H,20,24);1H. The number of aromatic nitrogens is 3. The number of carbonyl (C=O) groups is 1. The lowest BCUT2D eigenvalue weighted by Crippen LogP contribution is -2.33. The predicted octanol–water partition coefficient (Wildman–Crippen LogP) is 2.88. The summed E-state index contributed by atoms with van der Waals surface area (Å²) in [5.41, 5.74) is 2.00. The van der Waals surface area contributed by atoms with Crippen LogP contribution in [0.1, 0.15) is 35.4 Å². The summed E-state index contributed by atoms with van der Waals surface area (Å²) in [4.78, 5) is 12.4. The topological polar surface area (TPSA) is 71.8 Å².